The van der Waals surface area contributed by atoms with Gasteiger partial charge in [0.05, 0.1) is 11.9 Å². The molecule has 0 aliphatic carbocycles. The number of hydrogen-bond acceptors (Lipinski definition) is 3. The van der Waals surface area contributed by atoms with Gasteiger partial charge in [-0.2, -0.15) is 0 Å². The minimum absolute atomic E-state index is 0.0141. The molecular weight excluding hydrogens is 214 g/mol. The molecule has 0 spiro atoms. The first kappa shape index (κ1) is 12.2. The standard InChI is InChI=1S/C10H15NO3S/c1-2-15(13,14)11-8-10(12)9-6-4-3-5-7-9/h3-7,10-12H,2,8H2,1H3. The third-order valence-electron chi connectivity index (χ3n) is 2.06. The maximum Gasteiger partial charge on any atom is 0.211 e. The molecule has 15 heavy (non-hydrogen) atoms. The van der Waals surface area contributed by atoms with Crippen molar-refractivity contribution >= 4 is 10.0 Å². The zero-order chi connectivity index (χ0) is 11.3. The highest BCUT2D eigenvalue weighted by Crippen LogP contribution is 2.10. The first-order chi connectivity index (χ1) is 7.05. The summed E-state index contributed by atoms with van der Waals surface area (Å²) in [6.07, 6.45) is -0.799. The van der Waals surface area contributed by atoms with Crippen LogP contribution in [0.25, 0.3) is 0 Å². The minimum atomic E-state index is -3.23. The van der Waals surface area contributed by atoms with Crippen LogP contribution in [0.15, 0.2) is 30.3 Å². The van der Waals surface area contributed by atoms with Crippen LogP contribution in [0.1, 0.15) is 18.6 Å². The largest absolute Gasteiger partial charge is 0.387 e. The SMILES string of the molecule is CCS(=O)(=O)NCC(O)c1ccccc1. The van der Waals surface area contributed by atoms with Gasteiger partial charge in [-0.1, -0.05) is 30.3 Å². The Bertz CT molecular complexity index is 388. The average Bonchev–Trinajstić information content (AvgIpc) is 2.27. The van der Waals surface area contributed by atoms with Crippen molar-refractivity contribution in [2.75, 3.05) is 12.3 Å². The molecule has 1 rings (SSSR count). The highest BCUT2D eigenvalue weighted by Gasteiger charge is 2.11. The van der Waals surface area contributed by atoms with Gasteiger partial charge in [-0.15, -0.1) is 0 Å². The van der Waals surface area contributed by atoms with Crippen LogP contribution in [0.4, 0.5) is 0 Å². The number of aliphatic hydroxyl groups is 1. The van der Waals surface area contributed by atoms with Crippen molar-refractivity contribution < 1.29 is 13.5 Å². The highest BCUT2D eigenvalue weighted by atomic mass is 32.2. The lowest BCUT2D eigenvalue weighted by Gasteiger charge is -2.11. The molecule has 5 heteroatoms. The van der Waals surface area contributed by atoms with Crippen molar-refractivity contribution in [2.24, 2.45) is 0 Å². The van der Waals surface area contributed by atoms with E-state index in [1.165, 1.54) is 0 Å². The van der Waals surface area contributed by atoms with Gasteiger partial charge in [0.25, 0.3) is 0 Å². The van der Waals surface area contributed by atoms with E-state index in [4.69, 9.17) is 0 Å². The smallest absolute Gasteiger partial charge is 0.211 e. The Balaban J connectivity index is 2.54. The third-order valence-corrected chi connectivity index (χ3v) is 3.43. The van der Waals surface area contributed by atoms with Crippen molar-refractivity contribution in [3.8, 4) is 0 Å². The van der Waals surface area contributed by atoms with Crippen LogP contribution in [-0.2, 0) is 10.0 Å². The van der Waals surface area contributed by atoms with Crippen LogP contribution in [0.5, 0.6) is 0 Å². The molecule has 0 heterocycles. The van der Waals surface area contributed by atoms with Crippen LogP contribution >= 0.6 is 0 Å². The van der Waals surface area contributed by atoms with Gasteiger partial charge in [-0.3, -0.25) is 0 Å². The van der Waals surface area contributed by atoms with E-state index in [9.17, 15) is 13.5 Å². The molecule has 0 saturated carbocycles. The van der Waals surface area contributed by atoms with Gasteiger partial charge < -0.3 is 5.11 Å². The van der Waals surface area contributed by atoms with Gasteiger partial charge in [0, 0.05) is 6.54 Å². The molecule has 0 aromatic heterocycles. The quantitative estimate of drug-likeness (QED) is 0.779. The summed E-state index contributed by atoms with van der Waals surface area (Å²) < 4.78 is 24.6. The third kappa shape index (κ3) is 3.99. The van der Waals surface area contributed by atoms with E-state index in [1.54, 1.807) is 31.2 Å². The highest BCUT2D eigenvalue weighted by molar-refractivity contribution is 7.89. The summed E-state index contributed by atoms with van der Waals surface area (Å²) >= 11 is 0. The molecule has 4 nitrogen and oxygen atoms in total. The summed E-state index contributed by atoms with van der Waals surface area (Å²) in [6.45, 7) is 1.57. The van der Waals surface area contributed by atoms with E-state index in [0.29, 0.717) is 5.56 Å². The Morgan fingerprint density at radius 2 is 1.93 bits per heavy atom. The lowest BCUT2D eigenvalue weighted by atomic mass is 10.1. The molecule has 0 radical (unpaired) electrons. The van der Waals surface area contributed by atoms with Crippen molar-refractivity contribution in [1.29, 1.82) is 0 Å². The molecule has 2 N–H and O–H groups in total. The average molecular weight is 229 g/mol. The fourth-order valence-electron chi connectivity index (χ4n) is 1.10. The molecule has 0 fully saturated rings. The van der Waals surface area contributed by atoms with Gasteiger partial charge in [-0.25, -0.2) is 13.1 Å². The molecule has 1 atom stereocenters. The van der Waals surface area contributed by atoms with E-state index in [-0.39, 0.29) is 12.3 Å². The number of sulfonamides is 1. The predicted molar refractivity (Wildman–Crippen MR) is 58.9 cm³/mol. The van der Waals surface area contributed by atoms with Gasteiger partial charge in [0.15, 0.2) is 0 Å². The van der Waals surface area contributed by atoms with E-state index in [0.717, 1.165) is 0 Å². The first-order valence-corrected chi connectivity index (χ1v) is 6.40. The van der Waals surface area contributed by atoms with Crippen molar-refractivity contribution in [3.63, 3.8) is 0 Å². The fourth-order valence-corrected chi connectivity index (χ4v) is 1.72. The lowest BCUT2D eigenvalue weighted by Crippen LogP contribution is -2.29. The lowest BCUT2D eigenvalue weighted by molar-refractivity contribution is 0.182. The fraction of sp³-hybridized carbons (Fsp3) is 0.400. The molecule has 0 bridgehead atoms. The number of rotatable bonds is 5. The molecule has 1 aromatic carbocycles. The summed E-state index contributed by atoms with van der Waals surface area (Å²) in [4.78, 5) is 0. The Morgan fingerprint density at radius 3 is 2.47 bits per heavy atom. The van der Waals surface area contributed by atoms with Gasteiger partial charge >= 0.3 is 0 Å². The molecule has 0 saturated heterocycles. The van der Waals surface area contributed by atoms with Crippen molar-refractivity contribution in [2.45, 2.75) is 13.0 Å². The molecule has 1 aromatic rings. The summed E-state index contributed by atoms with van der Waals surface area (Å²) in [5, 5.41) is 9.65. The predicted octanol–water partition coefficient (Wildman–Crippen LogP) is 0.659. The Kier molecular flexibility index (Phi) is 4.26. The van der Waals surface area contributed by atoms with Crippen molar-refractivity contribution in [1.82, 2.24) is 4.72 Å². The number of aliphatic hydroxyl groups excluding tert-OH is 1. The Morgan fingerprint density at radius 1 is 1.33 bits per heavy atom. The van der Waals surface area contributed by atoms with E-state index in [2.05, 4.69) is 4.72 Å². The second kappa shape index (κ2) is 5.25. The molecule has 84 valence electrons. The molecule has 0 amide bonds. The summed E-state index contributed by atoms with van der Waals surface area (Å²) in [7, 11) is -3.23. The Hall–Kier alpha value is -0.910. The topological polar surface area (TPSA) is 66.4 Å². The number of benzene rings is 1. The van der Waals surface area contributed by atoms with E-state index in [1.807, 2.05) is 6.07 Å². The maximum atomic E-state index is 11.1. The van der Waals surface area contributed by atoms with Gasteiger partial charge in [0.2, 0.25) is 10.0 Å². The molecular formula is C10H15NO3S. The van der Waals surface area contributed by atoms with Crippen LogP contribution in [0, 0.1) is 0 Å². The van der Waals surface area contributed by atoms with Crippen LogP contribution in [0.3, 0.4) is 0 Å². The van der Waals surface area contributed by atoms with Crippen LogP contribution < -0.4 is 4.72 Å². The summed E-state index contributed by atoms with van der Waals surface area (Å²) in [6, 6.07) is 8.95. The normalized spacial score (nSPS) is 13.7. The van der Waals surface area contributed by atoms with Gasteiger partial charge in [-0.05, 0) is 12.5 Å². The molecule has 0 aliphatic rings. The van der Waals surface area contributed by atoms with E-state index >= 15 is 0 Å². The second-order valence-electron chi connectivity index (χ2n) is 3.18. The minimum Gasteiger partial charge on any atom is -0.387 e. The van der Waals surface area contributed by atoms with Gasteiger partial charge in [0.1, 0.15) is 0 Å². The Labute approximate surface area is 90.0 Å². The summed E-state index contributed by atoms with van der Waals surface area (Å²) in [5.74, 6) is 0.0223. The maximum absolute atomic E-state index is 11.1. The van der Waals surface area contributed by atoms with Crippen LogP contribution in [0.2, 0.25) is 0 Å². The van der Waals surface area contributed by atoms with E-state index < -0.39 is 16.1 Å². The zero-order valence-corrected chi connectivity index (χ0v) is 9.37. The number of nitrogens with one attached hydrogen (secondary N) is 1. The molecule has 0 aliphatic heterocycles. The van der Waals surface area contributed by atoms with Crippen molar-refractivity contribution in [3.05, 3.63) is 35.9 Å². The number of hydrogen-bond donors (Lipinski definition) is 2. The molecule has 1 unspecified atom stereocenters. The second-order valence-corrected chi connectivity index (χ2v) is 5.27. The monoisotopic (exact) mass is 229 g/mol. The zero-order valence-electron chi connectivity index (χ0n) is 8.55. The summed E-state index contributed by atoms with van der Waals surface area (Å²) in [5.41, 5.74) is 0.705. The van der Waals surface area contributed by atoms with Crippen LogP contribution in [-0.4, -0.2) is 25.8 Å². The first-order valence-electron chi connectivity index (χ1n) is 4.75.